The van der Waals surface area contributed by atoms with Crippen molar-refractivity contribution in [2.45, 2.75) is 12.5 Å². The molecule has 0 spiro atoms. The molecule has 2 aromatic carbocycles. The van der Waals surface area contributed by atoms with E-state index in [2.05, 4.69) is 4.98 Å². The summed E-state index contributed by atoms with van der Waals surface area (Å²) in [5.74, 6) is 0.399. The normalized spacial score (nSPS) is 12.3. The van der Waals surface area contributed by atoms with Crippen molar-refractivity contribution in [3.05, 3.63) is 65.5 Å². The van der Waals surface area contributed by atoms with Crippen LogP contribution < -0.4 is 0 Å². The minimum absolute atomic E-state index is 0.184. The molecular formula is C20H22N2O4. The lowest BCUT2D eigenvalue weighted by molar-refractivity contribution is 0.0681. The molecule has 1 N–H and O–H groups in total. The van der Waals surface area contributed by atoms with Crippen LogP contribution in [-0.2, 0) is 11.2 Å². The summed E-state index contributed by atoms with van der Waals surface area (Å²) in [6.45, 7) is 0.731. The first-order chi connectivity index (χ1) is 12.6. The average molecular weight is 354 g/mol. The number of oxazole rings is 1. The van der Waals surface area contributed by atoms with Crippen LogP contribution in [0.25, 0.3) is 11.1 Å². The maximum Gasteiger partial charge on any atom is 0.253 e. The summed E-state index contributed by atoms with van der Waals surface area (Å²) in [5.41, 5.74) is 2.55. The fraction of sp³-hybridized carbons (Fsp3) is 0.300. The van der Waals surface area contributed by atoms with E-state index in [1.807, 2.05) is 30.3 Å². The third kappa shape index (κ3) is 4.09. The molecule has 0 radical (unpaired) electrons. The molecule has 1 atom stereocenters. The lowest BCUT2D eigenvalue weighted by atomic mass is 10.1. The van der Waals surface area contributed by atoms with Crippen LogP contribution in [0.1, 0.15) is 27.9 Å². The monoisotopic (exact) mass is 354 g/mol. The first kappa shape index (κ1) is 18.1. The van der Waals surface area contributed by atoms with Gasteiger partial charge in [-0.15, -0.1) is 0 Å². The lowest BCUT2D eigenvalue weighted by Gasteiger charge is -2.21. The van der Waals surface area contributed by atoms with Gasteiger partial charge in [0.25, 0.3) is 5.91 Å². The molecule has 1 heterocycles. The van der Waals surface area contributed by atoms with Gasteiger partial charge >= 0.3 is 0 Å². The Kier molecular flexibility index (Phi) is 5.65. The molecule has 0 bridgehead atoms. The maximum absolute atomic E-state index is 12.7. The van der Waals surface area contributed by atoms with E-state index in [-0.39, 0.29) is 12.5 Å². The number of ether oxygens (including phenoxy) is 1. The molecule has 6 nitrogen and oxygen atoms in total. The molecule has 1 aromatic heterocycles. The number of aliphatic hydroxyl groups excluding tert-OH is 1. The highest BCUT2D eigenvalue weighted by Crippen LogP contribution is 2.20. The van der Waals surface area contributed by atoms with Gasteiger partial charge in [-0.3, -0.25) is 4.79 Å². The fourth-order valence-electron chi connectivity index (χ4n) is 2.74. The van der Waals surface area contributed by atoms with Crippen molar-refractivity contribution in [3.63, 3.8) is 0 Å². The van der Waals surface area contributed by atoms with Crippen molar-refractivity contribution < 1.29 is 19.1 Å². The number of rotatable bonds is 7. The summed E-state index contributed by atoms with van der Waals surface area (Å²) in [6.07, 6.45) is -0.155. The zero-order chi connectivity index (χ0) is 18.5. The molecule has 0 aliphatic carbocycles. The molecule has 3 aromatic rings. The zero-order valence-electron chi connectivity index (χ0n) is 14.9. The van der Waals surface area contributed by atoms with Crippen LogP contribution in [0.2, 0.25) is 0 Å². The molecule has 0 aliphatic heterocycles. The Balaban J connectivity index is 1.71. The van der Waals surface area contributed by atoms with E-state index in [0.29, 0.717) is 35.6 Å². The van der Waals surface area contributed by atoms with Gasteiger partial charge in [-0.2, -0.15) is 0 Å². The Hall–Kier alpha value is -2.70. The van der Waals surface area contributed by atoms with Crippen molar-refractivity contribution in [3.8, 4) is 0 Å². The summed E-state index contributed by atoms with van der Waals surface area (Å²) in [5, 5.41) is 10.3. The Morgan fingerprint density at radius 2 is 2.04 bits per heavy atom. The fourth-order valence-corrected chi connectivity index (χ4v) is 2.74. The van der Waals surface area contributed by atoms with Crippen LogP contribution in [0.15, 0.2) is 52.9 Å². The highest BCUT2D eigenvalue weighted by molar-refractivity contribution is 5.96. The van der Waals surface area contributed by atoms with E-state index in [1.165, 1.54) is 4.90 Å². The zero-order valence-corrected chi connectivity index (χ0v) is 14.9. The van der Waals surface area contributed by atoms with Gasteiger partial charge in [0, 0.05) is 26.1 Å². The highest BCUT2D eigenvalue weighted by atomic mass is 16.5. The van der Waals surface area contributed by atoms with Crippen LogP contribution in [-0.4, -0.2) is 48.2 Å². The molecule has 136 valence electrons. The van der Waals surface area contributed by atoms with Crippen LogP contribution in [0.3, 0.4) is 0 Å². The number of hydrogen-bond acceptors (Lipinski definition) is 5. The van der Waals surface area contributed by atoms with E-state index in [1.54, 1.807) is 32.4 Å². The number of carbonyl (C=O) groups excluding carboxylic acids is 1. The topological polar surface area (TPSA) is 75.8 Å². The van der Waals surface area contributed by atoms with Gasteiger partial charge in [-0.25, -0.2) is 4.98 Å². The standard InChI is InChI=1S/C20H22N2O4/c1-22(13-17(23)14-6-4-3-5-7-14)20(24)15-8-9-16-18(12-15)26-19(21-16)10-11-25-2/h3-9,12,17,23H,10-11,13H2,1-2H3. The molecule has 26 heavy (non-hydrogen) atoms. The smallest absolute Gasteiger partial charge is 0.253 e. The Bertz CT molecular complexity index is 876. The Morgan fingerprint density at radius 1 is 1.27 bits per heavy atom. The van der Waals surface area contributed by atoms with E-state index in [4.69, 9.17) is 9.15 Å². The average Bonchev–Trinajstić information content (AvgIpc) is 3.08. The SMILES string of the molecule is COCCc1nc2ccc(C(=O)N(C)CC(O)c3ccccc3)cc2o1. The quantitative estimate of drug-likeness (QED) is 0.706. The highest BCUT2D eigenvalue weighted by Gasteiger charge is 2.18. The number of carbonyl (C=O) groups is 1. The Labute approximate surface area is 152 Å². The summed E-state index contributed by atoms with van der Waals surface area (Å²) >= 11 is 0. The Morgan fingerprint density at radius 3 is 2.77 bits per heavy atom. The number of aliphatic hydroxyl groups is 1. The maximum atomic E-state index is 12.7. The molecule has 3 rings (SSSR count). The van der Waals surface area contributed by atoms with Crippen LogP contribution in [0.5, 0.6) is 0 Å². The largest absolute Gasteiger partial charge is 0.441 e. The number of benzene rings is 2. The van der Waals surface area contributed by atoms with Gasteiger partial charge < -0.3 is 19.2 Å². The number of likely N-dealkylation sites (N-methyl/N-ethyl adjacent to an activating group) is 1. The van der Waals surface area contributed by atoms with Gasteiger partial charge in [-0.1, -0.05) is 30.3 Å². The lowest BCUT2D eigenvalue weighted by Crippen LogP contribution is -2.31. The minimum Gasteiger partial charge on any atom is -0.441 e. The van der Waals surface area contributed by atoms with Crippen molar-refractivity contribution in [1.82, 2.24) is 9.88 Å². The number of hydrogen-bond donors (Lipinski definition) is 1. The van der Waals surface area contributed by atoms with Gasteiger partial charge in [0.2, 0.25) is 0 Å². The van der Waals surface area contributed by atoms with Gasteiger partial charge in [-0.05, 0) is 23.8 Å². The first-order valence-electron chi connectivity index (χ1n) is 8.45. The number of amides is 1. The summed E-state index contributed by atoms with van der Waals surface area (Å²) < 4.78 is 10.7. The van der Waals surface area contributed by atoms with Gasteiger partial charge in [0.05, 0.1) is 19.3 Å². The van der Waals surface area contributed by atoms with E-state index < -0.39 is 6.10 Å². The second kappa shape index (κ2) is 8.12. The van der Waals surface area contributed by atoms with Gasteiger partial charge in [0.1, 0.15) is 5.52 Å². The number of fused-ring (bicyclic) bond motifs is 1. The van der Waals surface area contributed by atoms with E-state index in [9.17, 15) is 9.90 Å². The second-order valence-corrected chi connectivity index (χ2v) is 6.15. The van der Waals surface area contributed by atoms with Crippen LogP contribution >= 0.6 is 0 Å². The van der Waals surface area contributed by atoms with Crippen molar-refractivity contribution >= 4 is 17.0 Å². The van der Waals surface area contributed by atoms with E-state index >= 15 is 0 Å². The molecule has 1 unspecified atom stereocenters. The molecular weight excluding hydrogens is 332 g/mol. The molecule has 0 saturated heterocycles. The molecule has 1 amide bonds. The third-order valence-electron chi connectivity index (χ3n) is 4.18. The predicted molar refractivity (Wildman–Crippen MR) is 98.0 cm³/mol. The van der Waals surface area contributed by atoms with Gasteiger partial charge in [0.15, 0.2) is 11.5 Å². The molecule has 6 heteroatoms. The van der Waals surface area contributed by atoms with Crippen molar-refractivity contribution in [2.24, 2.45) is 0 Å². The number of aromatic nitrogens is 1. The van der Waals surface area contributed by atoms with Crippen molar-refractivity contribution in [2.75, 3.05) is 27.3 Å². The predicted octanol–water partition coefficient (Wildman–Crippen LogP) is 2.82. The molecule has 0 aliphatic rings. The van der Waals surface area contributed by atoms with Crippen molar-refractivity contribution in [1.29, 1.82) is 0 Å². The van der Waals surface area contributed by atoms with Crippen LogP contribution in [0, 0.1) is 0 Å². The third-order valence-corrected chi connectivity index (χ3v) is 4.18. The molecule has 0 fully saturated rings. The van der Waals surface area contributed by atoms with Crippen LogP contribution in [0.4, 0.5) is 0 Å². The van der Waals surface area contributed by atoms with E-state index in [0.717, 1.165) is 5.56 Å². The molecule has 0 saturated carbocycles. The first-order valence-corrected chi connectivity index (χ1v) is 8.45. The summed E-state index contributed by atoms with van der Waals surface area (Å²) in [4.78, 5) is 18.5. The second-order valence-electron chi connectivity index (χ2n) is 6.15. The minimum atomic E-state index is -0.736. The number of nitrogens with zero attached hydrogens (tertiary/aromatic N) is 2. The summed E-state index contributed by atoms with van der Waals surface area (Å²) in [6, 6.07) is 14.5. The summed E-state index contributed by atoms with van der Waals surface area (Å²) in [7, 11) is 3.29. The number of methoxy groups -OCH3 is 1.